The van der Waals surface area contributed by atoms with Crippen LogP contribution in [0.4, 0.5) is 36.2 Å². The molecule has 2 aromatic carbocycles. The quantitative estimate of drug-likeness (QED) is 0.455. The lowest BCUT2D eigenvalue weighted by atomic mass is 10.2. The molecule has 0 atom stereocenters. The molecule has 0 amide bonds. The molecule has 0 fully saturated rings. The monoisotopic (exact) mass is 395 g/mol. The van der Waals surface area contributed by atoms with E-state index in [9.17, 15) is 13.2 Å². The number of hydrogen-bond donors (Lipinski definition) is 2. The van der Waals surface area contributed by atoms with Crippen molar-refractivity contribution >= 4 is 33.9 Å². The van der Waals surface area contributed by atoms with Crippen LogP contribution in [0.15, 0.2) is 66.9 Å². The zero-order valence-corrected chi connectivity index (χ0v) is 15.3. The Hall–Kier alpha value is -3.68. The Balaban J connectivity index is 1.63. The number of alkyl halides is 3. The number of benzene rings is 2. The summed E-state index contributed by atoms with van der Waals surface area (Å²) in [6, 6.07) is 16.2. The van der Waals surface area contributed by atoms with Gasteiger partial charge in [-0.2, -0.15) is 13.2 Å². The number of aryl methyl sites for hydroxylation is 1. The summed E-state index contributed by atoms with van der Waals surface area (Å²) in [5, 5.41) is 7.11. The van der Waals surface area contributed by atoms with Gasteiger partial charge in [0, 0.05) is 23.3 Å². The highest BCUT2D eigenvalue weighted by atomic mass is 19.4. The van der Waals surface area contributed by atoms with Crippen molar-refractivity contribution in [2.24, 2.45) is 0 Å². The first-order valence-electron chi connectivity index (χ1n) is 8.79. The molecule has 0 saturated heterocycles. The molecule has 29 heavy (non-hydrogen) atoms. The van der Waals surface area contributed by atoms with Gasteiger partial charge in [-0.25, -0.2) is 9.97 Å². The van der Waals surface area contributed by atoms with Crippen LogP contribution in [0.25, 0.3) is 10.9 Å². The van der Waals surface area contributed by atoms with E-state index in [-0.39, 0.29) is 5.69 Å². The van der Waals surface area contributed by atoms with Crippen molar-refractivity contribution in [3.63, 3.8) is 0 Å². The molecule has 146 valence electrons. The third kappa shape index (κ3) is 4.26. The van der Waals surface area contributed by atoms with Crippen LogP contribution in [-0.4, -0.2) is 15.0 Å². The fourth-order valence-electron chi connectivity index (χ4n) is 2.96. The van der Waals surface area contributed by atoms with E-state index in [0.717, 1.165) is 28.7 Å². The lowest BCUT2D eigenvalue weighted by molar-refractivity contribution is -0.137. The van der Waals surface area contributed by atoms with Crippen LogP contribution in [0.3, 0.4) is 0 Å². The Morgan fingerprint density at radius 2 is 1.55 bits per heavy atom. The number of nitrogens with zero attached hydrogens (tertiary/aromatic N) is 3. The van der Waals surface area contributed by atoms with Gasteiger partial charge in [0.05, 0.1) is 16.8 Å². The average Bonchev–Trinajstić information content (AvgIpc) is 2.67. The number of fused-ring (bicyclic) bond motifs is 1. The number of nitrogens with one attached hydrogen (secondary N) is 2. The van der Waals surface area contributed by atoms with Gasteiger partial charge in [-0.1, -0.05) is 24.3 Å². The van der Waals surface area contributed by atoms with E-state index in [1.165, 1.54) is 6.07 Å². The number of halogens is 3. The molecule has 0 aliphatic heterocycles. The first-order chi connectivity index (χ1) is 13.9. The van der Waals surface area contributed by atoms with E-state index >= 15 is 0 Å². The van der Waals surface area contributed by atoms with Crippen molar-refractivity contribution in [2.75, 3.05) is 10.6 Å². The highest BCUT2D eigenvalue weighted by molar-refractivity contribution is 5.91. The molecule has 4 rings (SSSR count). The molecule has 0 bridgehead atoms. The van der Waals surface area contributed by atoms with Gasteiger partial charge in [0.25, 0.3) is 0 Å². The summed E-state index contributed by atoms with van der Waals surface area (Å²) in [5.41, 5.74) is 1.12. The second kappa shape index (κ2) is 7.38. The van der Waals surface area contributed by atoms with Crippen LogP contribution in [0.1, 0.15) is 11.4 Å². The minimum atomic E-state index is -4.41. The van der Waals surface area contributed by atoms with Crippen molar-refractivity contribution in [1.82, 2.24) is 15.0 Å². The van der Waals surface area contributed by atoms with Gasteiger partial charge in [0.15, 0.2) is 0 Å². The molecule has 0 aliphatic carbocycles. The Bertz CT molecular complexity index is 1170. The number of hydrogen-bond acceptors (Lipinski definition) is 5. The highest BCUT2D eigenvalue weighted by Gasteiger charge is 2.30. The van der Waals surface area contributed by atoms with Gasteiger partial charge >= 0.3 is 6.18 Å². The van der Waals surface area contributed by atoms with Crippen LogP contribution in [-0.2, 0) is 6.18 Å². The lowest BCUT2D eigenvalue weighted by Gasteiger charge is -2.13. The molecule has 4 aromatic rings. The van der Waals surface area contributed by atoms with Crippen molar-refractivity contribution in [3.05, 3.63) is 78.2 Å². The predicted octanol–water partition coefficient (Wildman–Crippen LogP) is 5.84. The van der Waals surface area contributed by atoms with E-state index in [2.05, 4.69) is 25.6 Å². The number of rotatable bonds is 4. The summed E-state index contributed by atoms with van der Waals surface area (Å²) in [7, 11) is 0. The molecule has 5 nitrogen and oxygen atoms in total. The van der Waals surface area contributed by atoms with Gasteiger partial charge in [-0.15, -0.1) is 0 Å². The van der Waals surface area contributed by atoms with E-state index in [1.54, 1.807) is 25.3 Å². The molecular formula is C21H16F3N5. The van der Waals surface area contributed by atoms with E-state index in [4.69, 9.17) is 0 Å². The Morgan fingerprint density at radius 3 is 2.34 bits per heavy atom. The summed E-state index contributed by atoms with van der Waals surface area (Å²) in [5.74, 6) is 1.36. The largest absolute Gasteiger partial charge is 0.416 e. The SMILES string of the molecule is Cc1nc(Nc2cccc(C(F)(F)F)c2)cc(Nc2cccc3cccnc23)n1. The van der Waals surface area contributed by atoms with Gasteiger partial charge < -0.3 is 10.6 Å². The van der Waals surface area contributed by atoms with Crippen LogP contribution in [0, 0.1) is 6.92 Å². The van der Waals surface area contributed by atoms with Gasteiger partial charge in [0.2, 0.25) is 0 Å². The molecule has 0 radical (unpaired) electrons. The predicted molar refractivity (Wildman–Crippen MR) is 107 cm³/mol. The first kappa shape index (κ1) is 18.7. The topological polar surface area (TPSA) is 62.7 Å². The molecule has 0 spiro atoms. The van der Waals surface area contributed by atoms with Gasteiger partial charge in [0.1, 0.15) is 17.5 Å². The zero-order chi connectivity index (χ0) is 20.4. The Morgan fingerprint density at radius 1 is 0.828 bits per heavy atom. The summed E-state index contributed by atoms with van der Waals surface area (Å²) in [6.07, 6.45) is -2.70. The molecular weight excluding hydrogens is 379 g/mol. The summed E-state index contributed by atoms with van der Waals surface area (Å²) < 4.78 is 38.8. The van der Waals surface area contributed by atoms with Gasteiger partial charge in [-0.3, -0.25) is 4.98 Å². The molecule has 2 N–H and O–H groups in total. The van der Waals surface area contributed by atoms with Crippen LogP contribution < -0.4 is 10.6 Å². The minimum absolute atomic E-state index is 0.288. The van der Waals surface area contributed by atoms with E-state index < -0.39 is 11.7 Å². The first-order valence-corrected chi connectivity index (χ1v) is 8.79. The fourth-order valence-corrected chi connectivity index (χ4v) is 2.96. The third-order valence-electron chi connectivity index (χ3n) is 4.20. The van der Waals surface area contributed by atoms with Crippen LogP contribution in [0.2, 0.25) is 0 Å². The van der Waals surface area contributed by atoms with E-state index in [1.807, 2.05) is 30.3 Å². The Labute approximate surface area is 164 Å². The molecule has 0 saturated carbocycles. The maximum Gasteiger partial charge on any atom is 0.416 e. The molecule has 2 heterocycles. The summed E-state index contributed by atoms with van der Waals surface area (Å²) in [4.78, 5) is 13.0. The average molecular weight is 395 g/mol. The van der Waals surface area contributed by atoms with Crippen LogP contribution >= 0.6 is 0 Å². The van der Waals surface area contributed by atoms with Crippen molar-refractivity contribution in [3.8, 4) is 0 Å². The smallest absolute Gasteiger partial charge is 0.340 e. The van der Waals surface area contributed by atoms with Crippen molar-refractivity contribution < 1.29 is 13.2 Å². The molecule has 0 aliphatic rings. The molecule has 8 heteroatoms. The second-order valence-electron chi connectivity index (χ2n) is 6.39. The maximum atomic E-state index is 12.9. The van der Waals surface area contributed by atoms with Crippen LogP contribution in [0.5, 0.6) is 0 Å². The number of para-hydroxylation sites is 1. The summed E-state index contributed by atoms with van der Waals surface area (Å²) >= 11 is 0. The standard InChI is InChI=1S/C21H16F3N5/c1-13-26-18(28-16-8-3-7-15(11-16)21(22,23)24)12-19(27-13)29-17-9-2-5-14-6-4-10-25-20(14)17/h2-12H,1H3,(H2,26,27,28,29). The normalized spacial score (nSPS) is 11.4. The summed E-state index contributed by atoms with van der Waals surface area (Å²) in [6.45, 7) is 1.71. The van der Waals surface area contributed by atoms with Crippen molar-refractivity contribution in [2.45, 2.75) is 13.1 Å². The highest BCUT2D eigenvalue weighted by Crippen LogP contribution is 2.31. The third-order valence-corrected chi connectivity index (χ3v) is 4.20. The number of aromatic nitrogens is 3. The molecule has 0 unspecified atom stereocenters. The fraction of sp³-hybridized carbons (Fsp3) is 0.0952. The molecule has 2 aromatic heterocycles. The second-order valence-corrected chi connectivity index (χ2v) is 6.39. The van der Waals surface area contributed by atoms with Crippen molar-refractivity contribution in [1.29, 1.82) is 0 Å². The van der Waals surface area contributed by atoms with Gasteiger partial charge in [-0.05, 0) is 37.3 Å². The number of pyridine rings is 1. The maximum absolute atomic E-state index is 12.9. The minimum Gasteiger partial charge on any atom is -0.340 e. The Kier molecular flexibility index (Phi) is 4.75. The zero-order valence-electron chi connectivity index (χ0n) is 15.3. The lowest BCUT2D eigenvalue weighted by Crippen LogP contribution is -2.06. The van der Waals surface area contributed by atoms with E-state index in [0.29, 0.717) is 17.5 Å². The number of anilines is 4.